The summed E-state index contributed by atoms with van der Waals surface area (Å²) in [7, 11) is 0. The van der Waals surface area contributed by atoms with E-state index in [4.69, 9.17) is 0 Å². The van der Waals surface area contributed by atoms with E-state index in [9.17, 15) is 0 Å². The van der Waals surface area contributed by atoms with Crippen molar-refractivity contribution in [3.63, 3.8) is 0 Å². The standard InChI is InChI=1S/C17H36/c1-7-11-15(12-8-2)17(5,6)16(13-9-3)14-10-4/h15-16H,7-14H2,1-6H3. The van der Waals surface area contributed by atoms with E-state index >= 15 is 0 Å². The molecule has 0 amide bonds. The Balaban J connectivity index is 4.71. The Bertz CT molecular complexity index is 139. The van der Waals surface area contributed by atoms with Crippen molar-refractivity contribution < 1.29 is 0 Å². The molecule has 0 aromatic carbocycles. The first-order valence-corrected chi connectivity index (χ1v) is 8.04. The second-order valence-electron chi connectivity index (χ2n) is 6.37. The highest BCUT2D eigenvalue weighted by Gasteiger charge is 2.34. The van der Waals surface area contributed by atoms with Gasteiger partial charge in [0.15, 0.2) is 0 Å². The predicted molar refractivity (Wildman–Crippen MR) is 80.4 cm³/mol. The zero-order valence-corrected chi connectivity index (χ0v) is 13.3. The van der Waals surface area contributed by atoms with Crippen LogP contribution in [0.1, 0.15) is 92.9 Å². The minimum Gasteiger partial charge on any atom is -0.0654 e. The summed E-state index contributed by atoms with van der Waals surface area (Å²) in [6.45, 7) is 14.4. The van der Waals surface area contributed by atoms with Gasteiger partial charge < -0.3 is 0 Å². The third kappa shape index (κ3) is 5.44. The van der Waals surface area contributed by atoms with Crippen LogP contribution < -0.4 is 0 Å². The van der Waals surface area contributed by atoms with Gasteiger partial charge in [-0.15, -0.1) is 0 Å². The topological polar surface area (TPSA) is 0 Å². The molecule has 0 radical (unpaired) electrons. The van der Waals surface area contributed by atoms with E-state index in [-0.39, 0.29) is 0 Å². The summed E-state index contributed by atoms with van der Waals surface area (Å²) in [4.78, 5) is 0. The second kappa shape index (κ2) is 9.00. The van der Waals surface area contributed by atoms with Crippen molar-refractivity contribution in [2.45, 2.75) is 92.9 Å². The highest BCUT2D eigenvalue weighted by atomic mass is 14.4. The van der Waals surface area contributed by atoms with Crippen LogP contribution in [0.25, 0.3) is 0 Å². The summed E-state index contributed by atoms with van der Waals surface area (Å²) in [5.74, 6) is 1.86. The van der Waals surface area contributed by atoms with Gasteiger partial charge in [0.2, 0.25) is 0 Å². The van der Waals surface area contributed by atoms with Crippen LogP contribution >= 0.6 is 0 Å². The molecule has 0 fully saturated rings. The van der Waals surface area contributed by atoms with E-state index in [1.807, 2.05) is 0 Å². The minimum atomic E-state index is 0.540. The maximum Gasteiger partial charge on any atom is -0.0298 e. The Kier molecular flexibility index (Phi) is 9.00. The summed E-state index contributed by atoms with van der Waals surface area (Å²) in [6, 6.07) is 0. The van der Waals surface area contributed by atoms with Crippen molar-refractivity contribution in [1.29, 1.82) is 0 Å². The monoisotopic (exact) mass is 240 g/mol. The first-order valence-electron chi connectivity index (χ1n) is 8.04. The highest BCUT2D eigenvalue weighted by Crippen LogP contribution is 2.44. The Morgan fingerprint density at radius 2 is 0.824 bits per heavy atom. The van der Waals surface area contributed by atoms with E-state index < -0.39 is 0 Å². The fourth-order valence-corrected chi connectivity index (χ4v) is 3.50. The van der Waals surface area contributed by atoms with Gasteiger partial charge in [-0.1, -0.05) is 92.9 Å². The molecule has 0 rings (SSSR count). The summed E-state index contributed by atoms with van der Waals surface area (Å²) >= 11 is 0. The van der Waals surface area contributed by atoms with E-state index in [2.05, 4.69) is 41.5 Å². The lowest BCUT2D eigenvalue weighted by molar-refractivity contribution is 0.0832. The van der Waals surface area contributed by atoms with Gasteiger partial charge in [-0.25, -0.2) is 0 Å². The molecule has 0 heterocycles. The number of hydrogen-bond donors (Lipinski definition) is 0. The van der Waals surface area contributed by atoms with Crippen LogP contribution in [-0.2, 0) is 0 Å². The molecule has 0 aromatic rings. The zero-order chi connectivity index (χ0) is 13.3. The summed E-state index contributed by atoms with van der Waals surface area (Å²) in [6.07, 6.45) is 11.1. The van der Waals surface area contributed by atoms with Gasteiger partial charge in [-0.2, -0.15) is 0 Å². The van der Waals surface area contributed by atoms with Crippen LogP contribution in [0.5, 0.6) is 0 Å². The lowest BCUT2D eigenvalue weighted by Gasteiger charge is -2.42. The van der Waals surface area contributed by atoms with Gasteiger partial charge in [-0.3, -0.25) is 0 Å². The second-order valence-corrected chi connectivity index (χ2v) is 6.37. The van der Waals surface area contributed by atoms with E-state index in [0.717, 1.165) is 11.8 Å². The molecule has 0 saturated heterocycles. The normalized spacial score (nSPS) is 12.7. The Morgan fingerprint density at radius 1 is 0.588 bits per heavy atom. The molecule has 0 bridgehead atoms. The highest BCUT2D eigenvalue weighted by molar-refractivity contribution is 4.84. The van der Waals surface area contributed by atoms with Crippen LogP contribution in [0.15, 0.2) is 0 Å². The Hall–Kier alpha value is 0. The van der Waals surface area contributed by atoms with E-state index in [1.165, 1.54) is 51.4 Å². The average molecular weight is 240 g/mol. The summed E-state index contributed by atoms with van der Waals surface area (Å²) in [5.41, 5.74) is 0.540. The Labute approximate surface area is 111 Å². The molecule has 17 heavy (non-hydrogen) atoms. The van der Waals surface area contributed by atoms with Gasteiger partial charge in [0.25, 0.3) is 0 Å². The van der Waals surface area contributed by atoms with Crippen LogP contribution in [0.4, 0.5) is 0 Å². The SMILES string of the molecule is CCCC(CCC)C(C)(C)C(CCC)CCC. The zero-order valence-electron chi connectivity index (χ0n) is 13.3. The smallest absolute Gasteiger partial charge is 0.0298 e. The molecule has 0 aromatic heterocycles. The lowest BCUT2D eigenvalue weighted by atomic mass is 9.64. The maximum absolute atomic E-state index is 2.54. The molecule has 0 N–H and O–H groups in total. The number of hydrogen-bond acceptors (Lipinski definition) is 0. The fraction of sp³-hybridized carbons (Fsp3) is 1.00. The molecule has 0 aliphatic heterocycles. The predicted octanol–water partition coefficient (Wildman–Crippen LogP) is 6.45. The largest absolute Gasteiger partial charge is 0.0654 e. The molecule has 104 valence electrons. The molecule has 0 spiro atoms. The van der Waals surface area contributed by atoms with Gasteiger partial charge in [0.1, 0.15) is 0 Å². The Morgan fingerprint density at radius 3 is 1.00 bits per heavy atom. The quantitative estimate of drug-likeness (QED) is 0.412. The minimum absolute atomic E-state index is 0.540. The molecule has 0 aliphatic carbocycles. The van der Waals surface area contributed by atoms with Crippen molar-refractivity contribution >= 4 is 0 Å². The number of rotatable bonds is 10. The lowest BCUT2D eigenvalue weighted by Crippen LogP contribution is -2.32. The molecule has 0 unspecified atom stereocenters. The van der Waals surface area contributed by atoms with Gasteiger partial charge in [0, 0.05) is 0 Å². The van der Waals surface area contributed by atoms with E-state index in [0.29, 0.717) is 5.41 Å². The van der Waals surface area contributed by atoms with Crippen molar-refractivity contribution in [1.82, 2.24) is 0 Å². The van der Waals surface area contributed by atoms with Gasteiger partial charge >= 0.3 is 0 Å². The van der Waals surface area contributed by atoms with Crippen LogP contribution in [-0.4, -0.2) is 0 Å². The first kappa shape index (κ1) is 17.0. The van der Waals surface area contributed by atoms with Gasteiger partial charge in [-0.05, 0) is 17.3 Å². The van der Waals surface area contributed by atoms with Crippen LogP contribution in [0.2, 0.25) is 0 Å². The molecular weight excluding hydrogens is 204 g/mol. The third-order valence-corrected chi connectivity index (χ3v) is 4.65. The van der Waals surface area contributed by atoms with Crippen molar-refractivity contribution in [2.75, 3.05) is 0 Å². The third-order valence-electron chi connectivity index (χ3n) is 4.65. The van der Waals surface area contributed by atoms with Crippen molar-refractivity contribution in [2.24, 2.45) is 17.3 Å². The molecule has 0 nitrogen and oxygen atoms in total. The molecule has 0 saturated carbocycles. The fourth-order valence-electron chi connectivity index (χ4n) is 3.50. The maximum atomic E-state index is 2.54. The molecule has 0 atom stereocenters. The van der Waals surface area contributed by atoms with Gasteiger partial charge in [0.05, 0.1) is 0 Å². The average Bonchev–Trinajstić information content (AvgIpc) is 2.28. The molecular formula is C17H36. The first-order chi connectivity index (χ1) is 8.04. The molecule has 0 aliphatic rings. The van der Waals surface area contributed by atoms with E-state index in [1.54, 1.807) is 0 Å². The van der Waals surface area contributed by atoms with Crippen molar-refractivity contribution in [3.8, 4) is 0 Å². The van der Waals surface area contributed by atoms with Crippen LogP contribution in [0.3, 0.4) is 0 Å². The molecule has 0 heteroatoms. The van der Waals surface area contributed by atoms with Crippen LogP contribution in [0, 0.1) is 17.3 Å². The summed E-state index contributed by atoms with van der Waals surface area (Å²) in [5, 5.41) is 0. The summed E-state index contributed by atoms with van der Waals surface area (Å²) < 4.78 is 0. The van der Waals surface area contributed by atoms with Crippen molar-refractivity contribution in [3.05, 3.63) is 0 Å².